The largest absolute Gasteiger partial charge is 0.494 e. The van der Waals surface area contributed by atoms with E-state index in [2.05, 4.69) is 37.2 Å². The second-order valence-corrected chi connectivity index (χ2v) is 14.8. The second-order valence-electron chi connectivity index (χ2n) is 11.1. The molecule has 47 heavy (non-hydrogen) atoms. The van der Waals surface area contributed by atoms with E-state index in [-0.39, 0.29) is 35.5 Å². The molecule has 2 amide bonds. The Morgan fingerprint density at radius 3 is 1.98 bits per heavy atom. The molecule has 0 unspecified atom stereocenters. The van der Waals surface area contributed by atoms with Crippen LogP contribution < -0.4 is 14.4 Å². The van der Waals surface area contributed by atoms with E-state index in [9.17, 15) is 18.0 Å². The molecule has 11 heteroatoms. The number of nitrogens with one attached hydrogen (secondary N) is 1. The normalized spacial score (nSPS) is 12.5. The quantitative estimate of drug-likeness (QED) is 0.136. The maximum atomic E-state index is 14.6. The number of carbonyl (C=O) groups is 2. The highest BCUT2D eigenvalue weighted by atomic mass is 79.9. The summed E-state index contributed by atoms with van der Waals surface area (Å²) in [5.41, 5.74) is 1.95. The van der Waals surface area contributed by atoms with Gasteiger partial charge in [0.05, 0.1) is 17.2 Å². The van der Waals surface area contributed by atoms with Crippen molar-refractivity contribution in [2.45, 2.75) is 57.1 Å². The Morgan fingerprint density at radius 2 is 1.40 bits per heavy atom. The average molecular weight is 786 g/mol. The van der Waals surface area contributed by atoms with Crippen LogP contribution in [0.4, 0.5) is 5.69 Å². The molecule has 0 aromatic heterocycles. The van der Waals surface area contributed by atoms with Crippen molar-refractivity contribution < 1.29 is 22.7 Å². The molecule has 0 saturated heterocycles. The average Bonchev–Trinajstić information content (AvgIpc) is 3.07. The molecule has 0 aliphatic carbocycles. The fourth-order valence-electron chi connectivity index (χ4n) is 4.92. The van der Waals surface area contributed by atoms with E-state index in [1.807, 2.05) is 75.4 Å². The van der Waals surface area contributed by atoms with E-state index < -0.39 is 28.5 Å². The number of hydrogen-bond donors (Lipinski definition) is 1. The summed E-state index contributed by atoms with van der Waals surface area (Å²) in [5.74, 6) is -0.259. The predicted octanol–water partition coefficient (Wildman–Crippen LogP) is 7.36. The minimum atomic E-state index is -4.21. The van der Waals surface area contributed by atoms with Crippen LogP contribution in [0.15, 0.2) is 117 Å². The third-order valence-corrected chi connectivity index (χ3v) is 10.5. The Hall–Kier alpha value is -3.67. The topological polar surface area (TPSA) is 96.0 Å². The van der Waals surface area contributed by atoms with E-state index in [4.69, 9.17) is 4.74 Å². The molecule has 0 spiro atoms. The molecule has 4 aromatic carbocycles. The van der Waals surface area contributed by atoms with Crippen molar-refractivity contribution in [3.63, 3.8) is 0 Å². The van der Waals surface area contributed by atoms with Gasteiger partial charge in [-0.1, -0.05) is 81.2 Å². The summed E-state index contributed by atoms with van der Waals surface area (Å²) in [6, 6.07) is 28.8. The molecule has 0 fully saturated rings. The first kappa shape index (κ1) is 36.2. The van der Waals surface area contributed by atoms with Crippen LogP contribution in [-0.2, 0) is 32.6 Å². The predicted molar refractivity (Wildman–Crippen MR) is 193 cm³/mol. The van der Waals surface area contributed by atoms with Crippen LogP contribution >= 0.6 is 31.9 Å². The van der Waals surface area contributed by atoms with Crippen LogP contribution in [0, 0.1) is 0 Å². The Morgan fingerprint density at radius 1 is 0.809 bits per heavy atom. The summed E-state index contributed by atoms with van der Waals surface area (Å²) >= 11 is 6.83. The van der Waals surface area contributed by atoms with Crippen molar-refractivity contribution >= 4 is 59.4 Å². The zero-order valence-electron chi connectivity index (χ0n) is 26.6. The highest BCUT2D eigenvalue weighted by molar-refractivity contribution is 9.10. The van der Waals surface area contributed by atoms with Gasteiger partial charge >= 0.3 is 0 Å². The molecular formula is C36H39Br2N3O5S. The van der Waals surface area contributed by atoms with Crippen LogP contribution in [0.1, 0.15) is 38.3 Å². The van der Waals surface area contributed by atoms with Crippen LogP contribution in [0.2, 0.25) is 0 Å². The first-order chi connectivity index (χ1) is 22.5. The van der Waals surface area contributed by atoms with Crippen molar-refractivity contribution in [3.05, 3.63) is 123 Å². The van der Waals surface area contributed by atoms with Gasteiger partial charge in [0, 0.05) is 28.0 Å². The van der Waals surface area contributed by atoms with Gasteiger partial charge in [-0.05, 0) is 92.1 Å². The maximum Gasteiger partial charge on any atom is 0.264 e. The van der Waals surface area contributed by atoms with Gasteiger partial charge in [-0.3, -0.25) is 13.9 Å². The maximum absolute atomic E-state index is 14.6. The lowest BCUT2D eigenvalue weighted by atomic mass is 10.0. The number of amides is 2. The van der Waals surface area contributed by atoms with Crippen molar-refractivity contribution in [1.29, 1.82) is 0 Å². The lowest BCUT2D eigenvalue weighted by Gasteiger charge is -2.34. The van der Waals surface area contributed by atoms with E-state index in [0.29, 0.717) is 18.8 Å². The fourth-order valence-corrected chi connectivity index (χ4v) is 6.86. The molecular weight excluding hydrogens is 746 g/mol. The Balaban J connectivity index is 1.80. The lowest BCUT2D eigenvalue weighted by Crippen LogP contribution is -2.54. The lowest BCUT2D eigenvalue weighted by molar-refractivity contribution is -0.140. The summed E-state index contributed by atoms with van der Waals surface area (Å²) in [6.45, 7) is 5.75. The Labute approximate surface area is 294 Å². The number of benzene rings is 4. The minimum Gasteiger partial charge on any atom is -0.494 e. The van der Waals surface area contributed by atoms with Crippen LogP contribution in [0.3, 0.4) is 0 Å². The van der Waals surface area contributed by atoms with Crippen molar-refractivity contribution in [2.24, 2.45) is 0 Å². The van der Waals surface area contributed by atoms with Gasteiger partial charge in [-0.2, -0.15) is 0 Å². The Kier molecular flexibility index (Phi) is 13.0. The molecule has 4 rings (SSSR count). The number of rotatable bonds is 15. The molecule has 1 N–H and O–H groups in total. The van der Waals surface area contributed by atoms with Gasteiger partial charge in [0.1, 0.15) is 18.3 Å². The number of sulfonamides is 1. The van der Waals surface area contributed by atoms with Gasteiger partial charge in [-0.15, -0.1) is 0 Å². The van der Waals surface area contributed by atoms with Gasteiger partial charge in [-0.25, -0.2) is 8.42 Å². The van der Waals surface area contributed by atoms with Gasteiger partial charge in [0.2, 0.25) is 11.8 Å². The van der Waals surface area contributed by atoms with Crippen LogP contribution in [0.5, 0.6) is 5.75 Å². The van der Waals surface area contributed by atoms with Crippen molar-refractivity contribution in [1.82, 2.24) is 10.2 Å². The first-order valence-electron chi connectivity index (χ1n) is 15.4. The molecule has 0 heterocycles. The molecule has 0 aliphatic rings. The second kappa shape index (κ2) is 16.9. The molecule has 248 valence electrons. The van der Waals surface area contributed by atoms with E-state index in [0.717, 1.165) is 24.4 Å². The number of nitrogens with zero attached hydrogens (tertiary/aromatic N) is 2. The van der Waals surface area contributed by atoms with Crippen LogP contribution in [-0.4, -0.2) is 50.4 Å². The monoisotopic (exact) mass is 783 g/mol. The number of halogens is 2. The van der Waals surface area contributed by atoms with E-state index in [1.165, 1.54) is 17.0 Å². The number of anilines is 1. The highest BCUT2D eigenvalue weighted by Crippen LogP contribution is 2.28. The molecule has 0 radical (unpaired) electrons. The third-order valence-electron chi connectivity index (χ3n) is 7.65. The van der Waals surface area contributed by atoms with Crippen molar-refractivity contribution in [3.8, 4) is 5.75 Å². The third kappa shape index (κ3) is 9.92. The molecule has 2 atom stereocenters. The van der Waals surface area contributed by atoms with Gasteiger partial charge < -0.3 is 15.0 Å². The van der Waals surface area contributed by atoms with Gasteiger partial charge in [0.25, 0.3) is 10.0 Å². The molecule has 0 bridgehead atoms. The minimum absolute atomic E-state index is 0.0252. The van der Waals surface area contributed by atoms with Crippen LogP contribution in [0.25, 0.3) is 0 Å². The number of carbonyl (C=O) groups excluding carboxylic acids is 2. The first-order valence-corrected chi connectivity index (χ1v) is 18.4. The van der Waals surface area contributed by atoms with E-state index >= 15 is 0 Å². The zero-order valence-corrected chi connectivity index (χ0v) is 30.6. The summed E-state index contributed by atoms with van der Waals surface area (Å²) < 4.78 is 36.7. The zero-order chi connectivity index (χ0) is 34.0. The summed E-state index contributed by atoms with van der Waals surface area (Å²) in [7, 11) is -4.21. The number of hydrogen-bond acceptors (Lipinski definition) is 5. The van der Waals surface area contributed by atoms with E-state index in [1.54, 1.807) is 36.4 Å². The van der Waals surface area contributed by atoms with Crippen molar-refractivity contribution in [2.75, 3.05) is 17.5 Å². The standard InChI is InChI=1S/C36H39Br2N3O5S/c1-4-26(3)39-36(43)34(23-27-9-7-6-8-10-27)40(24-28-11-13-29(37)14-12-28)35(42)25-41(31-17-19-32(20-18-31)46-5-2)47(44,45)33-21-15-30(38)16-22-33/h6-22,26,34H,4-5,23-25H2,1-3H3,(H,39,43)/t26-,34-/m0/s1. The molecule has 0 aliphatic heterocycles. The SMILES string of the molecule is CCOc1ccc(N(CC(=O)N(Cc2ccc(Br)cc2)[C@@H](Cc2ccccc2)C(=O)N[C@@H](C)CC)S(=O)(=O)c2ccc(Br)cc2)cc1. The van der Waals surface area contributed by atoms with Gasteiger partial charge in [0.15, 0.2) is 0 Å². The molecule has 0 saturated carbocycles. The fraction of sp³-hybridized carbons (Fsp3) is 0.278. The highest BCUT2D eigenvalue weighted by Gasteiger charge is 2.35. The molecule has 8 nitrogen and oxygen atoms in total. The smallest absolute Gasteiger partial charge is 0.264 e. The summed E-state index contributed by atoms with van der Waals surface area (Å²) in [5, 5.41) is 3.05. The Bertz CT molecular complexity index is 1720. The summed E-state index contributed by atoms with van der Waals surface area (Å²) in [4.78, 5) is 30.1. The summed E-state index contributed by atoms with van der Waals surface area (Å²) in [6.07, 6.45) is 0.954. The molecule has 4 aromatic rings. The number of ether oxygens (including phenoxy) is 1.